The summed E-state index contributed by atoms with van der Waals surface area (Å²) in [4.78, 5) is 12.6. The van der Waals surface area contributed by atoms with E-state index in [2.05, 4.69) is 11.3 Å². The first-order chi connectivity index (χ1) is 7.08. The molecule has 0 fully saturated rings. The third kappa shape index (κ3) is 5.63. The first-order valence-electron chi connectivity index (χ1n) is 4.70. The average molecular weight is 239 g/mol. The number of nitrogens with zero attached hydrogens (tertiary/aromatic N) is 1. The molecule has 0 aromatic rings. The first kappa shape index (κ1) is 14.8. The van der Waals surface area contributed by atoms with E-state index in [9.17, 15) is 18.0 Å². The lowest BCUT2D eigenvalue weighted by molar-refractivity contribution is -0.163. The standard InChI is InChI=1S/C10H16F3NO2/c1-5-6-14(9(2,3)4)8(15)16-7-10(11,12)13/h5H,1,6-7H2,2-4H3. The Kier molecular flexibility index (Phi) is 4.83. The Morgan fingerprint density at radius 3 is 2.19 bits per heavy atom. The molecule has 0 rings (SSSR count). The zero-order valence-electron chi connectivity index (χ0n) is 9.60. The second-order valence-electron chi connectivity index (χ2n) is 4.24. The van der Waals surface area contributed by atoms with Crippen LogP contribution in [0.4, 0.5) is 18.0 Å². The van der Waals surface area contributed by atoms with Gasteiger partial charge in [-0.3, -0.25) is 4.90 Å². The van der Waals surface area contributed by atoms with Crippen molar-refractivity contribution in [3.63, 3.8) is 0 Å². The number of rotatable bonds is 3. The number of carbonyl (C=O) groups excluding carboxylic acids is 1. The van der Waals surface area contributed by atoms with Gasteiger partial charge in [0, 0.05) is 12.1 Å². The molecule has 0 saturated heterocycles. The maximum atomic E-state index is 11.8. The molecule has 0 saturated carbocycles. The summed E-state index contributed by atoms with van der Waals surface area (Å²) in [5.74, 6) is 0. The highest BCUT2D eigenvalue weighted by Crippen LogP contribution is 2.18. The van der Waals surface area contributed by atoms with Crippen molar-refractivity contribution in [2.24, 2.45) is 0 Å². The van der Waals surface area contributed by atoms with Gasteiger partial charge in [0.2, 0.25) is 0 Å². The third-order valence-electron chi connectivity index (χ3n) is 1.70. The zero-order chi connectivity index (χ0) is 13.0. The molecule has 1 amide bonds. The Balaban J connectivity index is 4.46. The third-order valence-corrected chi connectivity index (χ3v) is 1.70. The van der Waals surface area contributed by atoms with Gasteiger partial charge in [0.1, 0.15) is 0 Å². The molecule has 0 aromatic heterocycles. The molecule has 0 radical (unpaired) electrons. The fraction of sp³-hybridized carbons (Fsp3) is 0.700. The van der Waals surface area contributed by atoms with Gasteiger partial charge >= 0.3 is 12.3 Å². The van der Waals surface area contributed by atoms with E-state index in [0.29, 0.717) is 0 Å². The van der Waals surface area contributed by atoms with Gasteiger partial charge in [-0.1, -0.05) is 6.08 Å². The van der Waals surface area contributed by atoms with Crippen LogP contribution in [0, 0.1) is 0 Å². The highest BCUT2D eigenvalue weighted by Gasteiger charge is 2.33. The molecule has 6 heteroatoms. The van der Waals surface area contributed by atoms with E-state index in [1.165, 1.54) is 11.0 Å². The van der Waals surface area contributed by atoms with Crippen LogP contribution in [-0.2, 0) is 4.74 Å². The minimum atomic E-state index is -4.51. The van der Waals surface area contributed by atoms with Crippen LogP contribution in [0.2, 0.25) is 0 Å². The summed E-state index contributed by atoms with van der Waals surface area (Å²) in [7, 11) is 0. The summed E-state index contributed by atoms with van der Waals surface area (Å²) in [5, 5.41) is 0. The smallest absolute Gasteiger partial charge is 0.422 e. The number of hydrogen-bond acceptors (Lipinski definition) is 2. The monoisotopic (exact) mass is 239 g/mol. The van der Waals surface area contributed by atoms with Gasteiger partial charge in [0.25, 0.3) is 0 Å². The van der Waals surface area contributed by atoms with Crippen LogP contribution in [-0.4, -0.2) is 35.9 Å². The highest BCUT2D eigenvalue weighted by molar-refractivity contribution is 5.68. The van der Waals surface area contributed by atoms with E-state index in [4.69, 9.17) is 0 Å². The topological polar surface area (TPSA) is 29.5 Å². The van der Waals surface area contributed by atoms with Gasteiger partial charge in [-0.15, -0.1) is 6.58 Å². The van der Waals surface area contributed by atoms with Crippen LogP contribution in [0.15, 0.2) is 12.7 Å². The molecule has 0 aliphatic carbocycles. The van der Waals surface area contributed by atoms with Crippen molar-refractivity contribution in [2.75, 3.05) is 13.2 Å². The van der Waals surface area contributed by atoms with E-state index >= 15 is 0 Å². The fourth-order valence-electron chi connectivity index (χ4n) is 0.973. The molecule has 0 N–H and O–H groups in total. The lowest BCUT2D eigenvalue weighted by atomic mass is 10.1. The van der Waals surface area contributed by atoms with Crippen LogP contribution >= 0.6 is 0 Å². The first-order valence-corrected chi connectivity index (χ1v) is 4.70. The van der Waals surface area contributed by atoms with Gasteiger partial charge < -0.3 is 4.74 Å². The number of alkyl halides is 3. The molecule has 0 atom stereocenters. The van der Waals surface area contributed by atoms with Gasteiger partial charge in [0.05, 0.1) is 0 Å². The second-order valence-corrected chi connectivity index (χ2v) is 4.24. The lowest BCUT2D eigenvalue weighted by Crippen LogP contribution is -2.46. The Labute approximate surface area is 92.9 Å². The molecule has 0 heterocycles. The van der Waals surface area contributed by atoms with Crippen molar-refractivity contribution >= 4 is 6.09 Å². The van der Waals surface area contributed by atoms with Gasteiger partial charge in [-0.2, -0.15) is 13.2 Å². The average Bonchev–Trinajstić information content (AvgIpc) is 2.07. The van der Waals surface area contributed by atoms with Crippen LogP contribution in [0.5, 0.6) is 0 Å². The van der Waals surface area contributed by atoms with Crippen molar-refractivity contribution in [3.8, 4) is 0 Å². The summed E-state index contributed by atoms with van der Waals surface area (Å²) in [5.41, 5.74) is -0.614. The normalized spacial score (nSPS) is 12.1. The van der Waals surface area contributed by atoms with E-state index in [-0.39, 0.29) is 6.54 Å². The quantitative estimate of drug-likeness (QED) is 0.708. The molecule has 3 nitrogen and oxygen atoms in total. The van der Waals surface area contributed by atoms with Gasteiger partial charge in [-0.25, -0.2) is 4.79 Å². The van der Waals surface area contributed by atoms with Crippen LogP contribution in [0.3, 0.4) is 0 Å². The fourth-order valence-corrected chi connectivity index (χ4v) is 0.973. The molecule has 0 aromatic carbocycles. The van der Waals surface area contributed by atoms with E-state index in [0.717, 1.165) is 0 Å². The van der Waals surface area contributed by atoms with Gasteiger partial charge in [0.15, 0.2) is 6.61 Å². The number of hydrogen-bond donors (Lipinski definition) is 0. The molecule has 0 bridgehead atoms. The van der Waals surface area contributed by atoms with Crippen molar-refractivity contribution in [1.29, 1.82) is 0 Å². The highest BCUT2D eigenvalue weighted by atomic mass is 19.4. The van der Waals surface area contributed by atoms with E-state index < -0.39 is 24.4 Å². The Morgan fingerprint density at radius 2 is 1.88 bits per heavy atom. The number of carbonyl (C=O) groups is 1. The van der Waals surface area contributed by atoms with Crippen LogP contribution in [0.1, 0.15) is 20.8 Å². The summed E-state index contributed by atoms with van der Waals surface area (Å²) >= 11 is 0. The largest absolute Gasteiger partial charge is 0.440 e. The van der Waals surface area contributed by atoms with Crippen LogP contribution in [0.25, 0.3) is 0 Å². The Morgan fingerprint density at radius 1 is 1.38 bits per heavy atom. The minimum Gasteiger partial charge on any atom is -0.440 e. The lowest BCUT2D eigenvalue weighted by Gasteiger charge is -2.33. The molecular weight excluding hydrogens is 223 g/mol. The maximum absolute atomic E-state index is 11.8. The summed E-state index contributed by atoms with van der Waals surface area (Å²) < 4.78 is 39.7. The Hall–Kier alpha value is -1.20. The van der Waals surface area contributed by atoms with E-state index in [1.54, 1.807) is 20.8 Å². The summed E-state index contributed by atoms with van der Waals surface area (Å²) in [6.07, 6.45) is -4.07. The summed E-state index contributed by atoms with van der Waals surface area (Å²) in [6.45, 7) is 7.10. The molecular formula is C10H16F3NO2. The molecule has 94 valence electrons. The molecule has 16 heavy (non-hydrogen) atoms. The van der Waals surface area contributed by atoms with Crippen molar-refractivity contribution in [3.05, 3.63) is 12.7 Å². The predicted octanol–water partition coefficient (Wildman–Crippen LogP) is 2.97. The van der Waals surface area contributed by atoms with Gasteiger partial charge in [-0.05, 0) is 20.8 Å². The minimum absolute atomic E-state index is 0.139. The number of amides is 1. The molecule has 0 aliphatic heterocycles. The number of ether oxygens (including phenoxy) is 1. The van der Waals surface area contributed by atoms with Crippen molar-refractivity contribution in [2.45, 2.75) is 32.5 Å². The summed E-state index contributed by atoms with van der Waals surface area (Å²) in [6, 6.07) is 0. The number of halogens is 3. The molecule has 0 unspecified atom stereocenters. The molecule has 0 aliphatic rings. The Bertz CT molecular complexity index is 256. The van der Waals surface area contributed by atoms with Crippen molar-refractivity contribution in [1.82, 2.24) is 4.90 Å². The SMILES string of the molecule is C=CCN(C(=O)OCC(F)(F)F)C(C)(C)C. The predicted molar refractivity (Wildman–Crippen MR) is 54.1 cm³/mol. The van der Waals surface area contributed by atoms with Crippen molar-refractivity contribution < 1.29 is 22.7 Å². The molecule has 0 spiro atoms. The van der Waals surface area contributed by atoms with Crippen LogP contribution < -0.4 is 0 Å². The zero-order valence-corrected chi connectivity index (χ0v) is 9.60. The maximum Gasteiger partial charge on any atom is 0.422 e. The van der Waals surface area contributed by atoms with E-state index in [1.807, 2.05) is 0 Å². The second kappa shape index (κ2) is 5.23.